The quantitative estimate of drug-likeness (QED) is 0.744. The van der Waals surface area contributed by atoms with E-state index in [0.29, 0.717) is 0 Å². The molecular formula is C9H18O3S. The van der Waals surface area contributed by atoms with Crippen LogP contribution in [0.5, 0.6) is 0 Å². The lowest BCUT2D eigenvalue weighted by molar-refractivity contribution is -0.145. The van der Waals surface area contributed by atoms with Crippen LogP contribution in [0.4, 0.5) is 0 Å². The van der Waals surface area contributed by atoms with E-state index in [1.54, 1.807) is 13.8 Å². The number of carboxylic acid groups (broad SMARTS) is 1. The second-order valence-corrected chi connectivity index (χ2v) is 5.79. The lowest BCUT2D eigenvalue weighted by Gasteiger charge is -2.20. The Hall–Kier alpha value is -0.380. The molecule has 0 saturated carbocycles. The summed E-state index contributed by atoms with van der Waals surface area (Å²) in [6.45, 7) is 7.05. The molecule has 3 nitrogen and oxygen atoms in total. The molecule has 0 heterocycles. The molecule has 0 rings (SSSR count). The maximum atomic E-state index is 11.5. The van der Waals surface area contributed by atoms with Crippen LogP contribution in [-0.4, -0.2) is 26.3 Å². The minimum absolute atomic E-state index is 0.0821. The Labute approximate surface area is 82.0 Å². The van der Waals surface area contributed by atoms with Crippen molar-refractivity contribution in [2.45, 2.75) is 39.4 Å². The first kappa shape index (κ1) is 12.6. The Morgan fingerprint density at radius 3 is 2.31 bits per heavy atom. The Morgan fingerprint density at radius 1 is 1.54 bits per heavy atom. The number of aliphatic carboxylic acids is 1. The average Bonchev–Trinajstić information content (AvgIpc) is 2.01. The molecule has 2 atom stereocenters. The first-order valence-corrected chi connectivity index (χ1v) is 5.80. The molecule has 0 aromatic heterocycles. The molecule has 0 aromatic carbocycles. The smallest absolute Gasteiger partial charge is 0.310 e. The predicted molar refractivity (Wildman–Crippen MR) is 54.2 cm³/mol. The normalized spacial score (nSPS) is 16.6. The van der Waals surface area contributed by atoms with Crippen LogP contribution in [0, 0.1) is 5.41 Å². The van der Waals surface area contributed by atoms with Gasteiger partial charge in [-0.2, -0.15) is 0 Å². The highest BCUT2D eigenvalue weighted by Gasteiger charge is 2.30. The van der Waals surface area contributed by atoms with Crippen molar-refractivity contribution in [2.75, 3.05) is 5.75 Å². The summed E-state index contributed by atoms with van der Waals surface area (Å²) in [5, 5.41) is 8.89. The first-order valence-electron chi connectivity index (χ1n) is 4.42. The Morgan fingerprint density at radius 2 is 2.00 bits per heavy atom. The monoisotopic (exact) mass is 206 g/mol. The zero-order valence-corrected chi connectivity index (χ0v) is 9.48. The van der Waals surface area contributed by atoms with Gasteiger partial charge in [-0.05, 0) is 20.3 Å². The molecule has 0 spiro atoms. The van der Waals surface area contributed by atoms with Crippen LogP contribution < -0.4 is 0 Å². The van der Waals surface area contributed by atoms with Crippen LogP contribution in [0.25, 0.3) is 0 Å². The molecule has 0 aliphatic rings. The summed E-state index contributed by atoms with van der Waals surface area (Å²) < 4.78 is 11.5. The van der Waals surface area contributed by atoms with Gasteiger partial charge in [0.15, 0.2) is 0 Å². The first-order chi connectivity index (χ1) is 5.81. The Bertz CT molecular complexity index is 211. The molecule has 0 aromatic rings. The maximum Gasteiger partial charge on any atom is 0.310 e. The topological polar surface area (TPSA) is 54.4 Å². The third-order valence-electron chi connectivity index (χ3n) is 2.11. The summed E-state index contributed by atoms with van der Waals surface area (Å²) in [5.41, 5.74) is -0.881. The molecule has 78 valence electrons. The third kappa shape index (κ3) is 3.89. The molecular weight excluding hydrogens is 188 g/mol. The van der Waals surface area contributed by atoms with Gasteiger partial charge in [-0.1, -0.05) is 13.8 Å². The molecule has 4 heteroatoms. The van der Waals surface area contributed by atoms with Gasteiger partial charge in [0.2, 0.25) is 0 Å². The standard InChI is InChI=1S/C9H18O3S/c1-5-7(2)13(12)6-9(3,4)8(10)11/h7H,5-6H2,1-4H3,(H,10,11). The summed E-state index contributed by atoms with van der Waals surface area (Å²) in [4.78, 5) is 10.7. The number of hydrogen-bond donors (Lipinski definition) is 1. The van der Waals surface area contributed by atoms with Gasteiger partial charge in [-0.3, -0.25) is 9.00 Å². The average molecular weight is 206 g/mol. The fraction of sp³-hybridized carbons (Fsp3) is 0.889. The molecule has 0 fully saturated rings. The minimum atomic E-state index is -1.04. The Kier molecular flexibility index (Phi) is 4.61. The maximum absolute atomic E-state index is 11.5. The van der Waals surface area contributed by atoms with E-state index < -0.39 is 22.2 Å². The number of rotatable bonds is 5. The number of carbonyl (C=O) groups is 1. The van der Waals surface area contributed by atoms with Gasteiger partial charge in [-0.25, -0.2) is 0 Å². The van der Waals surface area contributed by atoms with Gasteiger partial charge in [0.25, 0.3) is 0 Å². The van der Waals surface area contributed by atoms with E-state index >= 15 is 0 Å². The molecule has 0 saturated heterocycles. The van der Waals surface area contributed by atoms with Crippen molar-refractivity contribution < 1.29 is 14.1 Å². The van der Waals surface area contributed by atoms with E-state index in [4.69, 9.17) is 5.11 Å². The molecule has 0 aliphatic carbocycles. The van der Waals surface area contributed by atoms with Crippen LogP contribution in [0.3, 0.4) is 0 Å². The summed E-state index contributed by atoms with van der Waals surface area (Å²) in [6, 6.07) is 0. The van der Waals surface area contributed by atoms with Crippen LogP contribution >= 0.6 is 0 Å². The van der Waals surface area contributed by atoms with Crippen molar-refractivity contribution in [3.63, 3.8) is 0 Å². The lowest BCUT2D eigenvalue weighted by Crippen LogP contribution is -2.32. The predicted octanol–water partition coefficient (Wildman–Crippen LogP) is 1.64. The van der Waals surface area contributed by atoms with Crippen molar-refractivity contribution in [1.29, 1.82) is 0 Å². The van der Waals surface area contributed by atoms with Crippen molar-refractivity contribution in [3.8, 4) is 0 Å². The Balaban J connectivity index is 4.28. The summed E-state index contributed by atoms with van der Waals surface area (Å²) in [7, 11) is -1.04. The van der Waals surface area contributed by atoms with Gasteiger partial charge in [0, 0.05) is 21.8 Å². The molecule has 0 aliphatic heterocycles. The van der Waals surface area contributed by atoms with E-state index in [0.717, 1.165) is 6.42 Å². The molecule has 2 unspecified atom stereocenters. The highest BCUT2D eigenvalue weighted by molar-refractivity contribution is 7.85. The van der Waals surface area contributed by atoms with E-state index in [2.05, 4.69) is 0 Å². The van der Waals surface area contributed by atoms with E-state index in [1.807, 2.05) is 13.8 Å². The van der Waals surface area contributed by atoms with Crippen LogP contribution in [0.15, 0.2) is 0 Å². The highest BCUT2D eigenvalue weighted by Crippen LogP contribution is 2.19. The van der Waals surface area contributed by atoms with Crippen molar-refractivity contribution in [2.24, 2.45) is 5.41 Å². The van der Waals surface area contributed by atoms with E-state index in [1.165, 1.54) is 0 Å². The fourth-order valence-corrected chi connectivity index (χ4v) is 2.24. The van der Waals surface area contributed by atoms with E-state index in [-0.39, 0.29) is 11.0 Å². The van der Waals surface area contributed by atoms with Crippen LogP contribution in [-0.2, 0) is 15.6 Å². The van der Waals surface area contributed by atoms with Crippen molar-refractivity contribution in [1.82, 2.24) is 0 Å². The van der Waals surface area contributed by atoms with Gasteiger partial charge in [-0.15, -0.1) is 0 Å². The SMILES string of the molecule is CCC(C)S(=O)CC(C)(C)C(=O)O. The molecule has 1 N–H and O–H groups in total. The van der Waals surface area contributed by atoms with Gasteiger partial charge in [0.05, 0.1) is 5.41 Å². The highest BCUT2D eigenvalue weighted by atomic mass is 32.2. The van der Waals surface area contributed by atoms with Crippen molar-refractivity contribution >= 4 is 16.8 Å². The summed E-state index contributed by atoms with van der Waals surface area (Å²) >= 11 is 0. The molecule has 13 heavy (non-hydrogen) atoms. The second-order valence-electron chi connectivity index (χ2n) is 3.93. The zero-order chi connectivity index (χ0) is 10.6. The largest absolute Gasteiger partial charge is 0.481 e. The van der Waals surface area contributed by atoms with Gasteiger partial charge < -0.3 is 5.11 Å². The fourth-order valence-electron chi connectivity index (χ4n) is 0.746. The third-order valence-corrected chi connectivity index (χ3v) is 4.34. The molecule has 0 bridgehead atoms. The molecule has 0 amide bonds. The van der Waals surface area contributed by atoms with Crippen LogP contribution in [0.1, 0.15) is 34.1 Å². The minimum Gasteiger partial charge on any atom is -0.481 e. The van der Waals surface area contributed by atoms with Gasteiger partial charge in [0.1, 0.15) is 0 Å². The number of carboxylic acids is 1. The summed E-state index contributed by atoms with van der Waals surface area (Å²) in [5.74, 6) is -0.652. The second kappa shape index (κ2) is 4.74. The van der Waals surface area contributed by atoms with Gasteiger partial charge >= 0.3 is 5.97 Å². The number of hydrogen-bond acceptors (Lipinski definition) is 2. The van der Waals surface area contributed by atoms with E-state index in [9.17, 15) is 9.00 Å². The van der Waals surface area contributed by atoms with Crippen LogP contribution in [0.2, 0.25) is 0 Å². The van der Waals surface area contributed by atoms with Crippen molar-refractivity contribution in [3.05, 3.63) is 0 Å². The summed E-state index contributed by atoms with van der Waals surface area (Å²) in [6.07, 6.45) is 0.822. The zero-order valence-electron chi connectivity index (χ0n) is 8.66. The lowest BCUT2D eigenvalue weighted by atomic mass is 9.97. The molecule has 0 radical (unpaired) electrons.